The van der Waals surface area contributed by atoms with E-state index in [1.54, 1.807) is 0 Å². The molecule has 0 aliphatic carbocycles. The molecule has 13 heavy (non-hydrogen) atoms. The lowest BCUT2D eigenvalue weighted by Crippen LogP contribution is -2.08. The van der Waals surface area contributed by atoms with E-state index in [1.165, 1.54) is 0 Å². The van der Waals surface area contributed by atoms with Crippen LogP contribution in [0.25, 0.3) is 0 Å². The molecule has 0 aromatic heterocycles. The summed E-state index contributed by atoms with van der Waals surface area (Å²) >= 11 is 5.86. The molecule has 3 heteroatoms. The standard InChI is InChI=1S/C10H15ClN2/c1-13-6-2-3-8-7-9(11)4-5-10(8)12/h4-5,7,13H,2-3,6,12H2,1H3. The van der Waals surface area contributed by atoms with Crippen molar-refractivity contribution in [3.63, 3.8) is 0 Å². The van der Waals surface area contributed by atoms with Crippen LogP contribution in [0.1, 0.15) is 12.0 Å². The fourth-order valence-electron chi connectivity index (χ4n) is 1.25. The molecule has 1 rings (SSSR count). The minimum Gasteiger partial charge on any atom is -0.399 e. The van der Waals surface area contributed by atoms with Crippen LogP contribution in [0.4, 0.5) is 5.69 Å². The van der Waals surface area contributed by atoms with Gasteiger partial charge in [0.2, 0.25) is 0 Å². The monoisotopic (exact) mass is 198 g/mol. The summed E-state index contributed by atoms with van der Waals surface area (Å²) < 4.78 is 0. The van der Waals surface area contributed by atoms with Crippen LogP contribution in [0, 0.1) is 0 Å². The number of benzene rings is 1. The number of nitrogens with two attached hydrogens (primary N) is 1. The first-order valence-corrected chi connectivity index (χ1v) is 4.80. The van der Waals surface area contributed by atoms with E-state index >= 15 is 0 Å². The average Bonchev–Trinajstić information content (AvgIpc) is 2.11. The molecule has 0 fully saturated rings. The van der Waals surface area contributed by atoms with E-state index in [-0.39, 0.29) is 0 Å². The van der Waals surface area contributed by atoms with E-state index in [2.05, 4.69) is 5.32 Å². The van der Waals surface area contributed by atoms with Crippen molar-refractivity contribution in [2.75, 3.05) is 19.3 Å². The molecule has 0 atom stereocenters. The van der Waals surface area contributed by atoms with Crippen LogP contribution in [0.3, 0.4) is 0 Å². The van der Waals surface area contributed by atoms with Gasteiger partial charge >= 0.3 is 0 Å². The summed E-state index contributed by atoms with van der Waals surface area (Å²) in [5.41, 5.74) is 7.77. The summed E-state index contributed by atoms with van der Waals surface area (Å²) in [5.74, 6) is 0. The Hall–Kier alpha value is -0.730. The van der Waals surface area contributed by atoms with Crippen LogP contribution in [0.2, 0.25) is 5.02 Å². The van der Waals surface area contributed by atoms with Crippen molar-refractivity contribution in [2.24, 2.45) is 0 Å². The quantitative estimate of drug-likeness (QED) is 0.574. The molecule has 0 radical (unpaired) electrons. The highest BCUT2D eigenvalue weighted by atomic mass is 35.5. The lowest BCUT2D eigenvalue weighted by atomic mass is 10.1. The van der Waals surface area contributed by atoms with Gasteiger partial charge in [-0.15, -0.1) is 0 Å². The maximum Gasteiger partial charge on any atom is 0.0410 e. The lowest BCUT2D eigenvalue weighted by molar-refractivity contribution is 0.725. The van der Waals surface area contributed by atoms with Crippen molar-refractivity contribution >= 4 is 17.3 Å². The molecule has 0 bridgehead atoms. The molecular formula is C10H15ClN2. The van der Waals surface area contributed by atoms with Crippen LogP contribution in [-0.2, 0) is 6.42 Å². The Labute approximate surface area is 84.1 Å². The fraction of sp³-hybridized carbons (Fsp3) is 0.400. The predicted octanol–water partition coefficient (Wildman–Crippen LogP) is 2.07. The smallest absolute Gasteiger partial charge is 0.0410 e. The Kier molecular flexibility index (Phi) is 4.06. The van der Waals surface area contributed by atoms with Gasteiger partial charge in [-0.1, -0.05) is 11.6 Å². The maximum atomic E-state index is 5.86. The number of nitrogen functional groups attached to an aromatic ring is 1. The Bertz CT molecular complexity index is 274. The van der Waals surface area contributed by atoms with Gasteiger partial charge in [-0.05, 0) is 50.2 Å². The third-order valence-electron chi connectivity index (χ3n) is 1.98. The third-order valence-corrected chi connectivity index (χ3v) is 2.21. The van der Waals surface area contributed by atoms with Gasteiger partial charge in [-0.25, -0.2) is 0 Å². The predicted molar refractivity (Wildman–Crippen MR) is 58.1 cm³/mol. The fourth-order valence-corrected chi connectivity index (χ4v) is 1.44. The van der Waals surface area contributed by atoms with Gasteiger partial charge in [-0.2, -0.15) is 0 Å². The van der Waals surface area contributed by atoms with Crippen LogP contribution >= 0.6 is 11.6 Å². The Morgan fingerprint density at radius 1 is 1.46 bits per heavy atom. The number of hydrogen-bond acceptors (Lipinski definition) is 2. The number of nitrogens with one attached hydrogen (secondary N) is 1. The van der Waals surface area contributed by atoms with Gasteiger partial charge in [0, 0.05) is 10.7 Å². The van der Waals surface area contributed by atoms with E-state index in [9.17, 15) is 0 Å². The number of anilines is 1. The highest BCUT2D eigenvalue weighted by Crippen LogP contribution is 2.18. The zero-order valence-electron chi connectivity index (χ0n) is 7.81. The van der Waals surface area contributed by atoms with Gasteiger partial charge in [0.15, 0.2) is 0 Å². The first kappa shape index (κ1) is 10.4. The summed E-state index contributed by atoms with van der Waals surface area (Å²) in [7, 11) is 1.95. The summed E-state index contributed by atoms with van der Waals surface area (Å²) in [6, 6.07) is 5.61. The third kappa shape index (κ3) is 3.25. The van der Waals surface area contributed by atoms with E-state index in [4.69, 9.17) is 17.3 Å². The minimum absolute atomic E-state index is 0.758. The molecule has 0 unspecified atom stereocenters. The molecule has 0 saturated heterocycles. The zero-order valence-corrected chi connectivity index (χ0v) is 8.56. The second-order valence-corrected chi connectivity index (χ2v) is 3.49. The molecule has 1 aromatic carbocycles. The zero-order chi connectivity index (χ0) is 9.68. The Morgan fingerprint density at radius 2 is 2.23 bits per heavy atom. The summed E-state index contributed by atoms with van der Waals surface area (Å²) in [6.45, 7) is 1.01. The topological polar surface area (TPSA) is 38.0 Å². The summed E-state index contributed by atoms with van der Waals surface area (Å²) in [6.07, 6.45) is 2.06. The van der Waals surface area contributed by atoms with Crippen molar-refractivity contribution < 1.29 is 0 Å². The largest absolute Gasteiger partial charge is 0.399 e. The molecule has 0 amide bonds. The molecule has 1 aromatic rings. The average molecular weight is 199 g/mol. The summed E-state index contributed by atoms with van der Waals surface area (Å²) in [4.78, 5) is 0. The van der Waals surface area contributed by atoms with Crippen molar-refractivity contribution in [1.82, 2.24) is 5.32 Å². The van der Waals surface area contributed by atoms with Gasteiger partial charge in [0.05, 0.1) is 0 Å². The highest BCUT2D eigenvalue weighted by Gasteiger charge is 1.99. The number of halogens is 1. The van der Waals surface area contributed by atoms with Crippen molar-refractivity contribution in [3.05, 3.63) is 28.8 Å². The van der Waals surface area contributed by atoms with Gasteiger partial charge in [-0.3, -0.25) is 0 Å². The first-order chi connectivity index (χ1) is 6.24. The highest BCUT2D eigenvalue weighted by molar-refractivity contribution is 6.30. The maximum absolute atomic E-state index is 5.86. The van der Waals surface area contributed by atoms with Crippen LogP contribution in [0.15, 0.2) is 18.2 Å². The lowest BCUT2D eigenvalue weighted by Gasteiger charge is -2.05. The molecule has 0 saturated carbocycles. The molecule has 72 valence electrons. The molecule has 2 nitrogen and oxygen atoms in total. The second-order valence-electron chi connectivity index (χ2n) is 3.05. The molecule has 0 aliphatic rings. The SMILES string of the molecule is CNCCCc1cc(Cl)ccc1N. The minimum atomic E-state index is 0.758. The van der Waals surface area contributed by atoms with Crippen LogP contribution in [0.5, 0.6) is 0 Å². The molecule has 0 aliphatic heterocycles. The number of aryl methyl sites for hydroxylation is 1. The van der Waals surface area contributed by atoms with Gasteiger partial charge in [0.1, 0.15) is 0 Å². The first-order valence-electron chi connectivity index (χ1n) is 4.42. The van der Waals surface area contributed by atoms with E-state index in [0.717, 1.165) is 35.7 Å². The van der Waals surface area contributed by atoms with Crippen molar-refractivity contribution in [1.29, 1.82) is 0 Å². The van der Waals surface area contributed by atoms with E-state index in [1.807, 2.05) is 25.2 Å². The summed E-state index contributed by atoms with van der Waals surface area (Å²) in [5, 5.41) is 3.86. The molecular weight excluding hydrogens is 184 g/mol. The number of rotatable bonds is 4. The second kappa shape index (κ2) is 5.10. The number of hydrogen-bond donors (Lipinski definition) is 2. The van der Waals surface area contributed by atoms with Gasteiger partial charge < -0.3 is 11.1 Å². The van der Waals surface area contributed by atoms with E-state index < -0.39 is 0 Å². The van der Waals surface area contributed by atoms with E-state index in [0.29, 0.717) is 0 Å². The molecule has 0 heterocycles. The Morgan fingerprint density at radius 3 is 2.92 bits per heavy atom. The normalized spacial score (nSPS) is 10.3. The molecule has 3 N–H and O–H groups in total. The Balaban J connectivity index is 2.59. The van der Waals surface area contributed by atoms with Gasteiger partial charge in [0.25, 0.3) is 0 Å². The van der Waals surface area contributed by atoms with Crippen molar-refractivity contribution in [2.45, 2.75) is 12.8 Å². The van der Waals surface area contributed by atoms with Crippen molar-refractivity contribution in [3.8, 4) is 0 Å². The van der Waals surface area contributed by atoms with Crippen LogP contribution < -0.4 is 11.1 Å². The molecule has 0 spiro atoms. The van der Waals surface area contributed by atoms with Crippen LogP contribution in [-0.4, -0.2) is 13.6 Å².